The van der Waals surface area contributed by atoms with Gasteiger partial charge in [-0.2, -0.15) is 4.98 Å². The minimum atomic E-state index is 0.559. The predicted octanol–water partition coefficient (Wildman–Crippen LogP) is 3.62. The molecule has 6 heteroatoms. The first kappa shape index (κ1) is 12.8. The molecule has 0 atom stereocenters. The van der Waals surface area contributed by atoms with E-state index in [1.165, 1.54) is 0 Å². The van der Waals surface area contributed by atoms with Crippen molar-refractivity contribution in [2.75, 3.05) is 11.9 Å². The average Bonchev–Trinajstić information content (AvgIpc) is 2.90. The molecule has 0 aliphatic carbocycles. The van der Waals surface area contributed by atoms with Gasteiger partial charge in [-0.1, -0.05) is 0 Å². The van der Waals surface area contributed by atoms with Crippen LogP contribution in [0.15, 0.2) is 29.8 Å². The molecule has 0 amide bonds. The van der Waals surface area contributed by atoms with E-state index in [9.17, 15) is 0 Å². The third kappa shape index (κ3) is 2.42. The quantitative estimate of drug-likeness (QED) is 0.793. The lowest BCUT2D eigenvalue weighted by Crippen LogP contribution is -2.03. The molecule has 0 fully saturated rings. The first-order chi connectivity index (χ1) is 9.78. The Morgan fingerprint density at radius 3 is 3.00 bits per heavy atom. The maximum absolute atomic E-state index is 5.92. The number of anilines is 1. The van der Waals surface area contributed by atoms with Crippen LogP contribution < -0.4 is 10.1 Å². The molecule has 0 saturated carbocycles. The van der Waals surface area contributed by atoms with Crippen LogP contribution in [0.2, 0.25) is 0 Å². The Labute approximate surface area is 120 Å². The van der Waals surface area contributed by atoms with Gasteiger partial charge in [-0.25, -0.2) is 4.98 Å². The lowest BCUT2D eigenvalue weighted by Gasteiger charge is -2.09. The number of aromatic nitrogens is 3. The minimum absolute atomic E-state index is 0.559. The summed E-state index contributed by atoms with van der Waals surface area (Å²) < 4.78 is 5.92. The highest BCUT2D eigenvalue weighted by Crippen LogP contribution is 2.32. The van der Waals surface area contributed by atoms with E-state index >= 15 is 0 Å². The topological polar surface area (TPSA) is 59.9 Å². The van der Waals surface area contributed by atoms with E-state index in [0.717, 1.165) is 22.5 Å². The summed E-state index contributed by atoms with van der Waals surface area (Å²) in [5.74, 6) is 1.85. The van der Waals surface area contributed by atoms with E-state index in [2.05, 4.69) is 20.3 Å². The van der Waals surface area contributed by atoms with Crippen LogP contribution >= 0.6 is 11.3 Å². The molecular formula is C14H14N4OS. The molecule has 102 valence electrons. The summed E-state index contributed by atoms with van der Waals surface area (Å²) in [5.41, 5.74) is 0.833. The van der Waals surface area contributed by atoms with E-state index in [1.807, 2.05) is 37.4 Å². The average molecular weight is 286 g/mol. The highest BCUT2D eigenvalue weighted by molar-refractivity contribution is 7.16. The fraction of sp³-hybridized carbons (Fsp3) is 0.214. The molecule has 1 N–H and O–H groups in total. The molecule has 3 rings (SSSR count). The molecule has 20 heavy (non-hydrogen) atoms. The van der Waals surface area contributed by atoms with Gasteiger partial charge in [-0.15, -0.1) is 11.3 Å². The van der Waals surface area contributed by atoms with Gasteiger partial charge in [0.25, 0.3) is 0 Å². The van der Waals surface area contributed by atoms with Gasteiger partial charge in [0.15, 0.2) is 5.75 Å². The molecule has 0 spiro atoms. The second-order valence-electron chi connectivity index (χ2n) is 4.21. The van der Waals surface area contributed by atoms with Gasteiger partial charge >= 0.3 is 0 Å². The van der Waals surface area contributed by atoms with Gasteiger partial charge < -0.3 is 10.1 Å². The van der Waals surface area contributed by atoms with E-state index < -0.39 is 0 Å². The zero-order valence-electron chi connectivity index (χ0n) is 11.3. The number of aryl methyl sites for hydroxylation is 1. The smallest absolute Gasteiger partial charge is 0.232 e. The molecule has 3 heterocycles. The lowest BCUT2D eigenvalue weighted by molar-refractivity contribution is 0.462. The molecule has 0 aliphatic heterocycles. The Morgan fingerprint density at radius 2 is 2.20 bits per heavy atom. The maximum Gasteiger partial charge on any atom is 0.232 e. The van der Waals surface area contributed by atoms with Gasteiger partial charge in [0.2, 0.25) is 11.8 Å². The van der Waals surface area contributed by atoms with Crippen molar-refractivity contribution in [3.05, 3.63) is 35.5 Å². The summed E-state index contributed by atoms with van der Waals surface area (Å²) in [6.45, 7) is 4.68. The molecule has 3 aromatic heterocycles. The van der Waals surface area contributed by atoms with E-state index in [0.29, 0.717) is 17.6 Å². The fourth-order valence-corrected chi connectivity index (χ4v) is 2.58. The Hall–Kier alpha value is -2.21. The summed E-state index contributed by atoms with van der Waals surface area (Å²) in [4.78, 5) is 14.0. The number of fused-ring (bicyclic) bond motifs is 1. The molecule has 3 aromatic rings. The van der Waals surface area contributed by atoms with Crippen molar-refractivity contribution in [3.8, 4) is 11.6 Å². The SMILES string of the molecule is CCNc1nc(Oc2cccnc2C)c2ccsc2n1. The molecule has 0 unspecified atom stereocenters. The fourth-order valence-electron chi connectivity index (χ4n) is 1.82. The lowest BCUT2D eigenvalue weighted by atomic mass is 10.3. The number of hydrogen-bond donors (Lipinski definition) is 1. The molecule has 0 aromatic carbocycles. The number of pyridine rings is 1. The van der Waals surface area contributed by atoms with E-state index in [4.69, 9.17) is 4.74 Å². The van der Waals surface area contributed by atoms with Crippen LogP contribution in [0.25, 0.3) is 10.2 Å². The second kappa shape index (κ2) is 5.42. The maximum atomic E-state index is 5.92. The zero-order valence-corrected chi connectivity index (χ0v) is 12.1. The monoisotopic (exact) mass is 286 g/mol. The standard InChI is InChI=1S/C14H14N4OS/c1-3-15-14-17-12(10-6-8-20-13(10)18-14)19-11-5-4-7-16-9(11)2/h4-8H,3H2,1-2H3,(H,15,17,18). The number of thiophene rings is 1. The highest BCUT2D eigenvalue weighted by Gasteiger charge is 2.11. The van der Waals surface area contributed by atoms with Gasteiger partial charge in [0.1, 0.15) is 4.83 Å². The number of nitrogens with zero attached hydrogens (tertiary/aromatic N) is 3. The van der Waals surface area contributed by atoms with Crippen molar-refractivity contribution in [3.63, 3.8) is 0 Å². The van der Waals surface area contributed by atoms with Gasteiger partial charge in [-0.3, -0.25) is 4.98 Å². The van der Waals surface area contributed by atoms with E-state index in [-0.39, 0.29) is 0 Å². The van der Waals surface area contributed by atoms with Crippen LogP contribution in [0.3, 0.4) is 0 Å². The molecule has 0 radical (unpaired) electrons. The van der Waals surface area contributed by atoms with Crippen LogP contribution in [0.4, 0.5) is 5.95 Å². The van der Waals surface area contributed by atoms with Crippen LogP contribution in [0, 0.1) is 6.92 Å². The van der Waals surface area contributed by atoms with Crippen LogP contribution in [-0.4, -0.2) is 21.5 Å². The summed E-state index contributed by atoms with van der Waals surface area (Å²) in [5, 5.41) is 6.02. The molecule has 0 saturated heterocycles. The normalized spacial score (nSPS) is 10.7. The third-order valence-electron chi connectivity index (χ3n) is 2.79. The Morgan fingerprint density at radius 1 is 1.30 bits per heavy atom. The Balaban J connectivity index is 2.05. The van der Waals surface area contributed by atoms with Crippen molar-refractivity contribution < 1.29 is 4.74 Å². The summed E-state index contributed by atoms with van der Waals surface area (Å²) in [6, 6.07) is 5.70. The van der Waals surface area contributed by atoms with Gasteiger partial charge in [0.05, 0.1) is 11.1 Å². The molecule has 5 nitrogen and oxygen atoms in total. The molecule has 0 aliphatic rings. The summed E-state index contributed by atoms with van der Waals surface area (Å²) >= 11 is 1.57. The first-order valence-corrected chi connectivity index (χ1v) is 7.24. The van der Waals surface area contributed by atoms with Crippen LogP contribution in [0.5, 0.6) is 11.6 Å². The van der Waals surface area contributed by atoms with E-state index in [1.54, 1.807) is 17.5 Å². The minimum Gasteiger partial charge on any atom is -0.436 e. The van der Waals surface area contributed by atoms with Crippen molar-refractivity contribution >= 4 is 27.5 Å². The Kier molecular flexibility index (Phi) is 3.47. The number of nitrogens with one attached hydrogen (secondary N) is 1. The van der Waals surface area contributed by atoms with Crippen molar-refractivity contribution in [2.24, 2.45) is 0 Å². The second-order valence-corrected chi connectivity index (χ2v) is 5.11. The van der Waals surface area contributed by atoms with Crippen molar-refractivity contribution in [1.82, 2.24) is 15.0 Å². The number of hydrogen-bond acceptors (Lipinski definition) is 6. The largest absolute Gasteiger partial charge is 0.436 e. The van der Waals surface area contributed by atoms with Crippen molar-refractivity contribution in [2.45, 2.75) is 13.8 Å². The van der Waals surface area contributed by atoms with Crippen molar-refractivity contribution in [1.29, 1.82) is 0 Å². The van der Waals surface area contributed by atoms with Crippen LogP contribution in [-0.2, 0) is 0 Å². The molecular weight excluding hydrogens is 272 g/mol. The third-order valence-corrected chi connectivity index (χ3v) is 3.60. The summed E-state index contributed by atoms with van der Waals surface area (Å²) in [7, 11) is 0. The first-order valence-electron chi connectivity index (χ1n) is 6.36. The highest BCUT2D eigenvalue weighted by atomic mass is 32.1. The van der Waals surface area contributed by atoms with Gasteiger partial charge in [0, 0.05) is 12.7 Å². The van der Waals surface area contributed by atoms with Crippen LogP contribution in [0.1, 0.15) is 12.6 Å². The van der Waals surface area contributed by atoms with Gasteiger partial charge in [-0.05, 0) is 37.4 Å². The molecule has 0 bridgehead atoms. The summed E-state index contributed by atoms with van der Waals surface area (Å²) in [6.07, 6.45) is 1.74. The predicted molar refractivity (Wildman–Crippen MR) is 80.6 cm³/mol. The number of rotatable bonds is 4. The Bertz CT molecular complexity index is 741. The number of ether oxygens (including phenoxy) is 1. The zero-order chi connectivity index (χ0) is 13.9.